The molecule has 8 nitrogen and oxygen atoms in total. The van der Waals surface area contributed by atoms with Gasteiger partial charge in [0.15, 0.2) is 6.61 Å². The zero-order valence-corrected chi connectivity index (χ0v) is 17.6. The topological polar surface area (TPSA) is 121 Å². The summed E-state index contributed by atoms with van der Waals surface area (Å²) in [7, 11) is 1.55. The number of carboxylic acid groups (broad SMARTS) is 1. The Hall–Kier alpha value is -4.48. The van der Waals surface area contributed by atoms with Gasteiger partial charge in [-0.05, 0) is 42.0 Å². The highest BCUT2D eigenvalue weighted by Crippen LogP contribution is 2.36. The van der Waals surface area contributed by atoms with Crippen LogP contribution in [0.5, 0.6) is 11.5 Å². The average molecular weight is 444 g/mol. The summed E-state index contributed by atoms with van der Waals surface area (Å²) in [5.41, 5.74) is 3.49. The maximum absolute atomic E-state index is 12.6. The van der Waals surface area contributed by atoms with E-state index in [2.05, 4.69) is 22.1 Å². The lowest BCUT2D eigenvalue weighted by Crippen LogP contribution is -2.09. The normalized spacial score (nSPS) is 14.1. The third-order valence-electron chi connectivity index (χ3n) is 4.98. The van der Waals surface area contributed by atoms with Crippen molar-refractivity contribution in [3.05, 3.63) is 77.1 Å². The Kier molecular flexibility index (Phi) is 6.15. The lowest BCUT2D eigenvalue weighted by Gasteiger charge is -2.07. The van der Waals surface area contributed by atoms with Crippen LogP contribution in [0.25, 0.3) is 11.6 Å². The molecule has 1 amide bonds. The molecule has 1 aromatic heterocycles. The third-order valence-corrected chi connectivity index (χ3v) is 4.98. The summed E-state index contributed by atoms with van der Waals surface area (Å²) >= 11 is 0. The van der Waals surface area contributed by atoms with Gasteiger partial charge in [-0.25, -0.2) is 4.79 Å². The van der Waals surface area contributed by atoms with Crippen molar-refractivity contribution in [2.24, 2.45) is 0 Å². The summed E-state index contributed by atoms with van der Waals surface area (Å²) in [6.45, 7) is -0.447. The molecule has 4 rings (SSSR count). The highest BCUT2D eigenvalue weighted by molar-refractivity contribution is 6.35. The summed E-state index contributed by atoms with van der Waals surface area (Å²) in [6.07, 6.45) is 2.34. The fraction of sp³-hybridized carbons (Fsp3) is 0.120. The van der Waals surface area contributed by atoms with Crippen molar-refractivity contribution in [2.75, 3.05) is 19.0 Å². The molecule has 0 radical (unpaired) electrons. The van der Waals surface area contributed by atoms with Crippen molar-refractivity contribution in [2.45, 2.75) is 6.10 Å². The summed E-state index contributed by atoms with van der Waals surface area (Å²) in [6, 6.07) is 13.5. The molecule has 1 unspecified atom stereocenters. The smallest absolute Gasteiger partial charge is 0.341 e. The van der Waals surface area contributed by atoms with Gasteiger partial charge in [-0.15, -0.1) is 0 Å². The van der Waals surface area contributed by atoms with E-state index >= 15 is 0 Å². The molecule has 0 fully saturated rings. The van der Waals surface area contributed by atoms with Gasteiger partial charge in [-0.2, -0.15) is 0 Å². The molecule has 0 saturated carbocycles. The van der Waals surface area contributed by atoms with E-state index in [0.717, 1.165) is 0 Å². The van der Waals surface area contributed by atoms with E-state index in [0.29, 0.717) is 45.1 Å². The molecule has 2 heterocycles. The molecule has 33 heavy (non-hydrogen) atoms. The molecule has 1 atom stereocenters. The maximum atomic E-state index is 12.6. The number of hydrogen-bond acceptors (Lipinski definition) is 5. The molecule has 1 aliphatic rings. The van der Waals surface area contributed by atoms with Crippen molar-refractivity contribution in [1.29, 1.82) is 0 Å². The number of ether oxygens (including phenoxy) is 2. The van der Waals surface area contributed by atoms with E-state index in [1.807, 2.05) is 0 Å². The number of amides is 1. The molecule has 1 aliphatic heterocycles. The fourth-order valence-electron chi connectivity index (χ4n) is 3.42. The quantitative estimate of drug-likeness (QED) is 0.343. The van der Waals surface area contributed by atoms with E-state index < -0.39 is 18.7 Å². The number of methoxy groups -OCH3 is 1. The summed E-state index contributed by atoms with van der Waals surface area (Å²) < 4.78 is 10.4. The predicted octanol–water partition coefficient (Wildman–Crippen LogP) is 3.06. The van der Waals surface area contributed by atoms with E-state index in [1.165, 1.54) is 0 Å². The standard InChI is InChI=1S/C25H20N2O6/c1-32-22-11-12-26-20(22)13-18-24-16(3-2-4-19(24)27-25(18)31)7-10-21(28)15-5-8-17(9-6-15)33-14-23(29)30/h2-6,8-9,11-13,21,26,28H,14H2,1H3,(H,27,31)(H,29,30)/b18-13-. The number of rotatable bonds is 6. The molecule has 0 aliphatic carbocycles. The minimum Gasteiger partial charge on any atom is -0.495 e. The Morgan fingerprint density at radius 1 is 1.18 bits per heavy atom. The second-order valence-corrected chi connectivity index (χ2v) is 7.12. The van der Waals surface area contributed by atoms with Crippen LogP contribution in [0, 0.1) is 11.8 Å². The number of carboxylic acids is 1. The van der Waals surface area contributed by atoms with Crippen LogP contribution < -0.4 is 14.8 Å². The van der Waals surface area contributed by atoms with Crippen LogP contribution in [0.15, 0.2) is 54.7 Å². The first-order chi connectivity index (χ1) is 16.0. The summed E-state index contributed by atoms with van der Waals surface area (Å²) in [4.78, 5) is 26.3. The highest BCUT2D eigenvalue weighted by atomic mass is 16.5. The second-order valence-electron chi connectivity index (χ2n) is 7.12. The SMILES string of the molecule is COc1cc[nH]c1/C=C1\C(=O)Nc2cccc(C#CC(O)c3ccc(OCC(=O)O)cc3)c21. The van der Waals surface area contributed by atoms with Crippen molar-refractivity contribution in [3.63, 3.8) is 0 Å². The van der Waals surface area contributed by atoms with Gasteiger partial charge in [0, 0.05) is 17.3 Å². The first kappa shape index (κ1) is 21.7. The van der Waals surface area contributed by atoms with E-state index in [1.54, 1.807) is 67.9 Å². The van der Waals surface area contributed by atoms with Gasteiger partial charge in [0.05, 0.1) is 24.1 Å². The van der Waals surface area contributed by atoms with Gasteiger partial charge in [0.2, 0.25) is 0 Å². The van der Waals surface area contributed by atoms with Crippen molar-refractivity contribution in [3.8, 4) is 23.3 Å². The monoisotopic (exact) mass is 444 g/mol. The fourth-order valence-corrected chi connectivity index (χ4v) is 3.42. The molecule has 2 aromatic carbocycles. The Morgan fingerprint density at radius 3 is 2.70 bits per heavy atom. The molecule has 0 bridgehead atoms. The number of hydrogen-bond donors (Lipinski definition) is 4. The first-order valence-corrected chi connectivity index (χ1v) is 9.98. The number of aromatic nitrogens is 1. The molecule has 0 spiro atoms. The molecule has 0 saturated heterocycles. The third kappa shape index (κ3) is 4.74. The number of carbonyl (C=O) groups excluding carboxylic acids is 1. The minimum absolute atomic E-state index is 0.256. The zero-order valence-electron chi connectivity index (χ0n) is 17.6. The van der Waals surface area contributed by atoms with Gasteiger partial charge in [-0.3, -0.25) is 4.79 Å². The molecule has 3 aromatic rings. The van der Waals surface area contributed by atoms with Crippen LogP contribution in [-0.4, -0.2) is 40.8 Å². The van der Waals surface area contributed by atoms with Gasteiger partial charge >= 0.3 is 5.97 Å². The molecule has 166 valence electrons. The van der Waals surface area contributed by atoms with Crippen LogP contribution in [0.1, 0.15) is 28.5 Å². The average Bonchev–Trinajstić information content (AvgIpc) is 3.40. The number of aliphatic hydroxyl groups excluding tert-OH is 1. The lowest BCUT2D eigenvalue weighted by molar-refractivity contribution is -0.139. The van der Waals surface area contributed by atoms with Crippen LogP contribution in [0.2, 0.25) is 0 Å². The Labute approximate surface area is 189 Å². The number of fused-ring (bicyclic) bond motifs is 1. The van der Waals surface area contributed by atoms with Crippen molar-refractivity contribution in [1.82, 2.24) is 4.98 Å². The largest absolute Gasteiger partial charge is 0.495 e. The second kappa shape index (κ2) is 9.34. The summed E-state index contributed by atoms with van der Waals surface area (Å²) in [5.74, 6) is 5.43. The van der Waals surface area contributed by atoms with Crippen molar-refractivity contribution >= 4 is 29.2 Å². The van der Waals surface area contributed by atoms with Crippen LogP contribution in [-0.2, 0) is 9.59 Å². The number of aliphatic carboxylic acids is 1. The molecular weight excluding hydrogens is 424 g/mol. The van der Waals surface area contributed by atoms with Crippen LogP contribution in [0.3, 0.4) is 0 Å². The summed E-state index contributed by atoms with van der Waals surface area (Å²) in [5, 5.41) is 22.0. The highest BCUT2D eigenvalue weighted by Gasteiger charge is 2.27. The number of benzene rings is 2. The Balaban J connectivity index is 1.61. The van der Waals surface area contributed by atoms with Crippen LogP contribution >= 0.6 is 0 Å². The molecule has 4 N–H and O–H groups in total. The minimum atomic E-state index is -1.09. The number of anilines is 1. The number of aromatic amines is 1. The molecular formula is C25H20N2O6. The van der Waals surface area contributed by atoms with Gasteiger partial charge in [0.25, 0.3) is 5.91 Å². The lowest BCUT2D eigenvalue weighted by atomic mass is 9.99. The van der Waals surface area contributed by atoms with E-state index in [4.69, 9.17) is 14.6 Å². The van der Waals surface area contributed by atoms with Gasteiger partial charge < -0.3 is 30.0 Å². The maximum Gasteiger partial charge on any atom is 0.341 e. The van der Waals surface area contributed by atoms with Crippen molar-refractivity contribution < 1.29 is 29.3 Å². The number of H-pyrrole nitrogens is 1. The first-order valence-electron chi connectivity index (χ1n) is 9.98. The number of aliphatic hydroxyl groups is 1. The number of carbonyl (C=O) groups is 2. The zero-order chi connectivity index (χ0) is 23.4. The predicted molar refractivity (Wildman–Crippen MR) is 122 cm³/mol. The molecule has 8 heteroatoms. The van der Waals surface area contributed by atoms with E-state index in [-0.39, 0.29) is 5.91 Å². The Bertz CT molecular complexity index is 1290. The van der Waals surface area contributed by atoms with Gasteiger partial charge in [0.1, 0.15) is 17.6 Å². The number of nitrogens with one attached hydrogen (secondary N) is 2. The van der Waals surface area contributed by atoms with E-state index in [9.17, 15) is 14.7 Å². The van der Waals surface area contributed by atoms with Crippen LogP contribution in [0.4, 0.5) is 5.69 Å². The van der Waals surface area contributed by atoms with Gasteiger partial charge in [-0.1, -0.05) is 30.0 Å². The Morgan fingerprint density at radius 2 is 1.97 bits per heavy atom.